The predicted octanol–water partition coefficient (Wildman–Crippen LogP) is 4.44. The van der Waals surface area contributed by atoms with E-state index in [4.69, 9.17) is 10.00 Å². The number of aromatic nitrogens is 5. The number of hydrogen-bond donors (Lipinski definition) is 1. The van der Waals surface area contributed by atoms with Gasteiger partial charge in [0.15, 0.2) is 5.65 Å². The Morgan fingerprint density at radius 2 is 1.93 bits per heavy atom. The lowest BCUT2D eigenvalue weighted by Gasteiger charge is -2.36. The van der Waals surface area contributed by atoms with Gasteiger partial charge in [0.25, 0.3) is 5.91 Å². The highest BCUT2D eigenvalue weighted by molar-refractivity contribution is 6.09. The number of halogens is 2. The second-order valence-electron chi connectivity index (χ2n) is 11.1. The number of rotatable bonds is 10. The van der Waals surface area contributed by atoms with E-state index >= 15 is 0 Å². The van der Waals surface area contributed by atoms with Gasteiger partial charge in [-0.1, -0.05) is 24.3 Å². The first-order valence-corrected chi connectivity index (χ1v) is 14.8. The van der Waals surface area contributed by atoms with Crippen molar-refractivity contribution in [1.29, 1.82) is 5.26 Å². The van der Waals surface area contributed by atoms with E-state index in [1.165, 1.54) is 27.7 Å². The molecule has 0 saturated carbocycles. The minimum atomic E-state index is -3.10. The van der Waals surface area contributed by atoms with E-state index in [1.54, 1.807) is 41.6 Å². The van der Waals surface area contributed by atoms with E-state index < -0.39 is 12.5 Å². The summed E-state index contributed by atoms with van der Waals surface area (Å²) in [5.41, 5.74) is 1.10. The first kappa shape index (κ1) is 30.6. The van der Waals surface area contributed by atoms with Crippen molar-refractivity contribution in [1.82, 2.24) is 34.2 Å². The fourth-order valence-corrected chi connectivity index (χ4v) is 5.77. The maximum atomic E-state index is 13.6. The summed E-state index contributed by atoms with van der Waals surface area (Å²) in [6.07, 6.45) is 8.09. The van der Waals surface area contributed by atoms with Gasteiger partial charge in [-0.25, -0.2) is 9.50 Å². The van der Waals surface area contributed by atoms with Crippen molar-refractivity contribution in [2.75, 3.05) is 32.0 Å². The molecule has 0 bridgehead atoms. The minimum Gasteiger partial charge on any atom is -0.434 e. The molecule has 1 fully saturated rings. The van der Waals surface area contributed by atoms with Gasteiger partial charge < -0.3 is 19.9 Å². The summed E-state index contributed by atoms with van der Waals surface area (Å²) in [6.45, 7) is -1.45. The zero-order chi connectivity index (χ0) is 32.2. The topological polar surface area (TPSA) is 134 Å². The largest absolute Gasteiger partial charge is 0.434 e. The van der Waals surface area contributed by atoms with Crippen LogP contribution in [0.4, 0.5) is 14.5 Å². The van der Waals surface area contributed by atoms with Gasteiger partial charge in [0.05, 0.1) is 18.0 Å². The highest BCUT2D eigenvalue weighted by Crippen LogP contribution is 2.38. The molecule has 0 radical (unpaired) electrons. The van der Waals surface area contributed by atoms with Crippen LogP contribution in [0.15, 0.2) is 67.3 Å². The van der Waals surface area contributed by atoms with Crippen LogP contribution in [0.2, 0.25) is 0 Å². The number of alkyl halides is 2. The van der Waals surface area contributed by atoms with Crippen molar-refractivity contribution in [2.45, 2.75) is 38.5 Å². The van der Waals surface area contributed by atoms with Crippen LogP contribution >= 0.6 is 0 Å². The molecule has 5 aromatic rings. The quantitative estimate of drug-likeness (QED) is 0.240. The molecule has 236 valence electrons. The lowest BCUT2D eigenvalue weighted by molar-refractivity contribution is -0.133. The van der Waals surface area contributed by atoms with Crippen molar-refractivity contribution < 1.29 is 23.1 Å². The summed E-state index contributed by atoms with van der Waals surface area (Å²) in [5.74, 6) is -0.832. The Bertz CT molecular complexity index is 1930. The average molecular weight is 628 g/mol. The molecule has 2 aromatic carbocycles. The number of fused-ring (bicyclic) bond motifs is 2. The number of hydrogen-bond acceptors (Lipinski definition) is 8. The number of benzene rings is 2. The van der Waals surface area contributed by atoms with E-state index in [9.17, 15) is 18.4 Å². The highest BCUT2D eigenvalue weighted by Gasteiger charge is 2.27. The summed E-state index contributed by atoms with van der Waals surface area (Å²) in [5, 5.41) is 21.9. The normalized spacial score (nSPS) is 13.9. The molecule has 0 atom stereocenters. The maximum absolute atomic E-state index is 13.6. The van der Waals surface area contributed by atoms with E-state index in [0.717, 1.165) is 18.2 Å². The fraction of sp³-hybridized carbons (Fsp3) is 0.312. The lowest BCUT2D eigenvalue weighted by atomic mass is 10.0. The van der Waals surface area contributed by atoms with Gasteiger partial charge in [-0.3, -0.25) is 14.3 Å². The van der Waals surface area contributed by atoms with Crippen LogP contribution in [0.3, 0.4) is 0 Å². The standard InChI is InChI=1S/C32H31F2N9O3/c1-40(12-4-10-35)23-8-14-41(15-9-23)28(44)20-42-19-26(38-31(45)25-18-37-43-13-5-11-36-30(25)43)29(39-42)24-16-21-6-2-3-7-22(21)17-27(24)46-32(33)34/h2-3,5-7,11,13,16-19,23,32H,4,8-9,12,14-15,20H2,1H3,(H,38,45). The molecule has 46 heavy (non-hydrogen) atoms. The number of carbonyl (C=O) groups excluding carboxylic acids is 2. The van der Waals surface area contributed by atoms with E-state index in [0.29, 0.717) is 37.1 Å². The van der Waals surface area contributed by atoms with E-state index in [-0.39, 0.29) is 46.8 Å². The smallest absolute Gasteiger partial charge is 0.387 e. The van der Waals surface area contributed by atoms with E-state index in [2.05, 4.69) is 31.5 Å². The Kier molecular flexibility index (Phi) is 8.84. The van der Waals surface area contributed by atoms with Crippen LogP contribution in [0.1, 0.15) is 29.6 Å². The monoisotopic (exact) mass is 627 g/mol. The molecule has 0 spiro atoms. The van der Waals surface area contributed by atoms with Crippen molar-refractivity contribution in [2.24, 2.45) is 0 Å². The number of nitrogens with zero attached hydrogens (tertiary/aromatic N) is 8. The van der Waals surface area contributed by atoms with Gasteiger partial charge in [-0.15, -0.1) is 0 Å². The Hall–Kier alpha value is -5.42. The van der Waals surface area contributed by atoms with Crippen molar-refractivity contribution >= 4 is 33.9 Å². The van der Waals surface area contributed by atoms with Crippen LogP contribution in [-0.2, 0) is 11.3 Å². The van der Waals surface area contributed by atoms with Gasteiger partial charge in [-0.05, 0) is 48.9 Å². The van der Waals surface area contributed by atoms with Gasteiger partial charge in [0.2, 0.25) is 5.91 Å². The van der Waals surface area contributed by atoms with Crippen LogP contribution < -0.4 is 10.1 Å². The molecular weight excluding hydrogens is 596 g/mol. The molecule has 1 aliphatic heterocycles. The zero-order valence-corrected chi connectivity index (χ0v) is 25.0. The number of nitrogens with one attached hydrogen (secondary N) is 1. The molecule has 6 rings (SSSR count). The molecule has 1 aliphatic rings. The van der Waals surface area contributed by atoms with Crippen LogP contribution in [0.25, 0.3) is 27.7 Å². The van der Waals surface area contributed by atoms with Crippen molar-refractivity contribution in [3.05, 3.63) is 72.8 Å². The fourth-order valence-electron chi connectivity index (χ4n) is 5.77. The van der Waals surface area contributed by atoms with Crippen molar-refractivity contribution in [3.63, 3.8) is 0 Å². The molecule has 1 saturated heterocycles. The number of anilines is 1. The van der Waals surface area contributed by atoms with Crippen LogP contribution in [0.5, 0.6) is 5.75 Å². The molecule has 1 N–H and O–H groups in total. The van der Waals surface area contributed by atoms with Gasteiger partial charge in [-0.2, -0.15) is 24.2 Å². The third-order valence-corrected chi connectivity index (χ3v) is 8.17. The molecule has 14 heteroatoms. The van der Waals surface area contributed by atoms with Crippen LogP contribution in [-0.4, -0.2) is 85.3 Å². The van der Waals surface area contributed by atoms with Gasteiger partial charge >= 0.3 is 6.61 Å². The molecular formula is C32H31F2N9O3. The van der Waals surface area contributed by atoms with Crippen molar-refractivity contribution in [3.8, 4) is 23.1 Å². The Balaban J connectivity index is 1.31. The summed E-state index contributed by atoms with van der Waals surface area (Å²) in [4.78, 5) is 35.0. The lowest BCUT2D eigenvalue weighted by Crippen LogP contribution is -2.46. The van der Waals surface area contributed by atoms with Gasteiger partial charge in [0, 0.05) is 56.3 Å². The summed E-state index contributed by atoms with van der Waals surface area (Å²) in [6, 6.07) is 14.5. The number of piperidine rings is 1. The third-order valence-electron chi connectivity index (χ3n) is 8.17. The molecule has 4 heterocycles. The number of likely N-dealkylation sites (tertiary alicyclic amines) is 1. The second kappa shape index (κ2) is 13.3. The second-order valence-corrected chi connectivity index (χ2v) is 11.1. The summed E-state index contributed by atoms with van der Waals surface area (Å²) in [7, 11) is 1.99. The Labute approximate surface area is 262 Å². The van der Waals surface area contributed by atoms with E-state index in [1.807, 2.05) is 19.2 Å². The summed E-state index contributed by atoms with van der Waals surface area (Å²) < 4.78 is 34.9. The molecule has 0 aliphatic carbocycles. The molecule has 2 amide bonds. The molecule has 12 nitrogen and oxygen atoms in total. The number of ether oxygens (including phenoxy) is 1. The maximum Gasteiger partial charge on any atom is 0.387 e. The Morgan fingerprint density at radius 1 is 1.17 bits per heavy atom. The van der Waals surface area contributed by atoms with Gasteiger partial charge in [0.1, 0.15) is 23.6 Å². The first-order chi connectivity index (χ1) is 22.3. The zero-order valence-electron chi connectivity index (χ0n) is 25.0. The number of nitriles is 1. The highest BCUT2D eigenvalue weighted by atomic mass is 19.3. The van der Waals surface area contributed by atoms with Crippen LogP contribution in [0, 0.1) is 11.3 Å². The predicted molar refractivity (Wildman–Crippen MR) is 165 cm³/mol. The number of amides is 2. The summed E-state index contributed by atoms with van der Waals surface area (Å²) >= 11 is 0. The minimum absolute atomic E-state index is 0.124. The molecule has 0 unspecified atom stereocenters. The average Bonchev–Trinajstić information content (AvgIpc) is 3.67. The SMILES string of the molecule is CN(CCC#N)C1CCN(C(=O)Cn2cc(NC(=O)c3cnn4cccnc34)c(-c3cc4ccccc4cc3OC(F)F)n2)CC1. The Morgan fingerprint density at radius 3 is 2.67 bits per heavy atom. The number of carbonyl (C=O) groups is 2. The molecule has 3 aromatic heterocycles. The third kappa shape index (κ3) is 6.50. The first-order valence-electron chi connectivity index (χ1n) is 14.8.